The number of aryl methyl sites for hydroxylation is 1. The van der Waals surface area contributed by atoms with Gasteiger partial charge in [0.25, 0.3) is 5.56 Å². The van der Waals surface area contributed by atoms with E-state index >= 15 is 0 Å². The van der Waals surface area contributed by atoms with Gasteiger partial charge < -0.3 is 9.88 Å². The van der Waals surface area contributed by atoms with Gasteiger partial charge in [0.05, 0.1) is 0 Å². The highest BCUT2D eigenvalue weighted by atomic mass is 16.1. The summed E-state index contributed by atoms with van der Waals surface area (Å²) in [5, 5.41) is 3.43. The number of nitrogens with zero attached hydrogens (tertiary/aromatic N) is 2. The molecule has 1 N–H and O–H groups in total. The van der Waals surface area contributed by atoms with E-state index < -0.39 is 0 Å². The Balaban J connectivity index is 1.75. The van der Waals surface area contributed by atoms with Crippen LogP contribution in [0.15, 0.2) is 23.1 Å². The molecule has 2 saturated heterocycles. The maximum absolute atomic E-state index is 11.5. The van der Waals surface area contributed by atoms with Crippen molar-refractivity contribution in [3.05, 3.63) is 34.2 Å². The lowest BCUT2D eigenvalue weighted by Crippen LogP contribution is -2.67. The van der Waals surface area contributed by atoms with Crippen molar-refractivity contribution in [2.45, 2.75) is 38.5 Å². The molecular weight excluding hydrogens is 214 g/mol. The number of piperidine rings is 1. The zero-order valence-corrected chi connectivity index (χ0v) is 10.2. The van der Waals surface area contributed by atoms with Gasteiger partial charge in [-0.2, -0.15) is 0 Å². The standard InChI is InChI=1S/C13H19N3O/c1-2-15-8-10(3-4-13(15)17)9-16-11-5-12(16)7-14-6-11/h3-4,8,11-12,14H,2,5-7,9H2,1H3. The topological polar surface area (TPSA) is 37.3 Å². The Labute approximate surface area is 101 Å². The van der Waals surface area contributed by atoms with Crippen molar-refractivity contribution in [3.63, 3.8) is 0 Å². The fraction of sp³-hybridized carbons (Fsp3) is 0.615. The third-order valence-electron chi connectivity index (χ3n) is 3.99. The predicted octanol–water partition coefficient (Wildman–Crippen LogP) is 0.414. The van der Waals surface area contributed by atoms with E-state index in [2.05, 4.69) is 10.2 Å². The molecule has 3 rings (SSSR count). The smallest absolute Gasteiger partial charge is 0.250 e. The Morgan fingerprint density at radius 1 is 1.35 bits per heavy atom. The van der Waals surface area contributed by atoms with Crippen LogP contribution in [0.5, 0.6) is 0 Å². The number of hydrogen-bond donors (Lipinski definition) is 1. The fourth-order valence-electron chi connectivity index (χ4n) is 2.95. The summed E-state index contributed by atoms with van der Waals surface area (Å²) in [5.74, 6) is 0. The van der Waals surface area contributed by atoms with Gasteiger partial charge in [-0.25, -0.2) is 0 Å². The second-order valence-corrected chi connectivity index (χ2v) is 5.04. The molecule has 92 valence electrons. The number of rotatable bonds is 3. The van der Waals surface area contributed by atoms with Gasteiger partial charge in [0, 0.05) is 50.5 Å². The number of piperazine rings is 1. The Kier molecular flexibility index (Phi) is 2.76. The Hall–Kier alpha value is -1.13. The first kappa shape index (κ1) is 11.0. The summed E-state index contributed by atoms with van der Waals surface area (Å²) in [4.78, 5) is 14.1. The highest BCUT2D eigenvalue weighted by Crippen LogP contribution is 2.29. The van der Waals surface area contributed by atoms with Gasteiger partial charge in [0.15, 0.2) is 0 Å². The molecule has 2 fully saturated rings. The molecular formula is C13H19N3O. The van der Waals surface area contributed by atoms with Crippen molar-refractivity contribution in [3.8, 4) is 0 Å². The maximum Gasteiger partial charge on any atom is 0.250 e. The molecule has 2 bridgehead atoms. The molecule has 0 spiro atoms. The van der Waals surface area contributed by atoms with Crippen LogP contribution in [0.2, 0.25) is 0 Å². The van der Waals surface area contributed by atoms with Gasteiger partial charge in [-0.3, -0.25) is 9.69 Å². The van der Waals surface area contributed by atoms with Crippen LogP contribution in [-0.4, -0.2) is 34.6 Å². The van der Waals surface area contributed by atoms with Gasteiger partial charge in [0.2, 0.25) is 0 Å². The van der Waals surface area contributed by atoms with E-state index in [-0.39, 0.29) is 5.56 Å². The molecule has 0 aromatic carbocycles. The van der Waals surface area contributed by atoms with Gasteiger partial charge in [-0.15, -0.1) is 0 Å². The summed E-state index contributed by atoms with van der Waals surface area (Å²) in [7, 11) is 0. The number of fused-ring (bicyclic) bond motifs is 2. The van der Waals surface area contributed by atoms with Crippen LogP contribution in [0.25, 0.3) is 0 Å². The first-order chi connectivity index (χ1) is 8.28. The zero-order chi connectivity index (χ0) is 11.8. The molecule has 2 aliphatic rings. The minimum atomic E-state index is 0.0988. The normalized spacial score (nSPS) is 27.8. The minimum absolute atomic E-state index is 0.0988. The summed E-state index contributed by atoms with van der Waals surface area (Å²) < 4.78 is 1.78. The van der Waals surface area contributed by atoms with Crippen molar-refractivity contribution in [2.24, 2.45) is 0 Å². The lowest BCUT2D eigenvalue weighted by molar-refractivity contribution is -0.0208. The molecule has 0 saturated carbocycles. The van der Waals surface area contributed by atoms with E-state index in [1.54, 1.807) is 10.6 Å². The number of hydrogen-bond acceptors (Lipinski definition) is 3. The van der Waals surface area contributed by atoms with E-state index in [1.165, 1.54) is 12.0 Å². The average Bonchev–Trinajstić information content (AvgIpc) is 2.38. The molecule has 4 heteroatoms. The van der Waals surface area contributed by atoms with Crippen LogP contribution in [0.4, 0.5) is 0 Å². The molecule has 0 aliphatic carbocycles. The summed E-state index contributed by atoms with van der Waals surface area (Å²) in [5.41, 5.74) is 1.35. The van der Waals surface area contributed by atoms with Crippen LogP contribution in [-0.2, 0) is 13.1 Å². The Morgan fingerprint density at radius 2 is 2.12 bits per heavy atom. The first-order valence-electron chi connectivity index (χ1n) is 6.43. The molecule has 2 unspecified atom stereocenters. The molecule has 1 aromatic rings. The SMILES string of the molecule is CCn1cc(CN2C3CNCC2C3)ccc1=O. The van der Waals surface area contributed by atoms with E-state index in [0.717, 1.165) is 26.2 Å². The lowest BCUT2D eigenvalue weighted by atomic mass is 9.88. The lowest BCUT2D eigenvalue weighted by Gasteiger charge is -2.53. The fourth-order valence-corrected chi connectivity index (χ4v) is 2.95. The first-order valence-corrected chi connectivity index (χ1v) is 6.43. The van der Waals surface area contributed by atoms with Crippen molar-refractivity contribution in [1.29, 1.82) is 0 Å². The van der Waals surface area contributed by atoms with Gasteiger partial charge in [-0.05, 0) is 18.9 Å². The molecule has 0 radical (unpaired) electrons. The molecule has 2 aliphatic heterocycles. The van der Waals surface area contributed by atoms with Gasteiger partial charge in [-0.1, -0.05) is 6.07 Å². The number of nitrogens with one attached hydrogen (secondary N) is 1. The van der Waals surface area contributed by atoms with Crippen molar-refractivity contribution in [1.82, 2.24) is 14.8 Å². The summed E-state index contributed by atoms with van der Waals surface area (Å²) in [6.07, 6.45) is 3.34. The van der Waals surface area contributed by atoms with Crippen LogP contribution < -0.4 is 10.9 Å². The largest absolute Gasteiger partial charge is 0.315 e. The van der Waals surface area contributed by atoms with Gasteiger partial charge in [0.1, 0.15) is 0 Å². The molecule has 0 amide bonds. The van der Waals surface area contributed by atoms with Crippen molar-refractivity contribution >= 4 is 0 Å². The van der Waals surface area contributed by atoms with E-state index in [9.17, 15) is 4.79 Å². The summed E-state index contributed by atoms with van der Waals surface area (Å²) in [6.45, 7) is 5.97. The minimum Gasteiger partial charge on any atom is -0.315 e. The van der Waals surface area contributed by atoms with Crippen LogP contribution in [0.3, 0.4) is 0 Å². The van der Waals surface area contributed by atoms with Crippen LogP contribution in [0.1, 0.15) is 18.9 Å². The molecule has 3 heterocycles. The van der Waals surface area contributed by atoms with Gasteiger partial charge >= 0.3 is 0 Å². The van der Waals surface area contributed by atoms with Crippen molar-refractivity contribution < 1.29 is 0 Å². The second kappa shape index (κ2) is 4.27. The molecule has 1 aromatic heterocycles. The molecule has 2 atom stereocenters. The van der Waals surface area contributed by atoms with E-state index in [1.807, 2.05) is 19.2 Å². The predicted molar refractivity (Wildman–Crippen MR) is 67.0 cm³/mol. The molecule has 17 heavy (non-hydrogen) atoms. The second-order valence-electron chi connectivity index (χ2n) is 5.04. The zero-order valence-electron chi connectivity index (χ0n) is 10.2. The summed E-state index contributed by atoms with van der Waals surface area (Å²) in [6, 6.07) is 5.06. The van der Waals surface area contributed by atoms with E-state index in [4.69, 9.17) is 0 Å². The highest BCUT2D eigenvalue weighted by Gasteiger charge is 2.40. The quantitative estimate of drug-likeness (QED) is 0.822. The van der Waals surface area contributed by atoms with E-state index in [0.29, 0.717) is 12.1 Å². The third kappa shape index (κ3) is 1.91. The molecule has 4 nitrogen and oxygen atoms in total. The Morgan fingerprint density at radius 3 is 2.76 bits per heavy atom. The highest BCUT2D eigenvalue weighted by molar-refractivity contribution is 5.13. The number of aromatic nitrogens is 1. The van der Waals surface area contributed by atoms with Crippen molar-refractivity contribution in [2.75, 3.05) is 13.1 Å². The maximum atomic E-state index is 11.5. The number of pyridine rings is 1. The van der Waals surface area contributed by atoms with Crippen LogP contribution in [0, 0.1) is 0 Å². The monoisotopic (exact) mass is 233 g/mol. The van der Waals surface area contributed by atoms with Crippen LogP contribution >= 0.6 is 0 Å². The summed E-state index contributed by atoms with van der Waals surface area (Å²) >= 11 is 0. The average molecular weight is 233 g/mol. The Bertz CT molecular complexity index is 454. The third-order valence-corrected chi connectivity index (χ3v) is 3.99.